The molecule has 0 bridgehead atoms. The van der Waals surface area contributed by atoms with E-state index in [9.17, 15) is 4.79 Å². The smallest absolute Gasteiger partial charge is 0.324 e. The standard InChI is InChI=1S/C4H8O2.C4H4O.H3O3P/c1-2-3-4(5)6;1-2-4-5-3-1;1-4(2)3/h2-3H2,1H3,(H,5,6);1-4H;1-3H. The van der Waals surface area contributed by atoms with E-state index in [0.29, 0.717) is 6.42 Å². The number of aliphatic carboxylic acids is 1. The fourth-order valence-corrected chi connectivity index (χ4v) is 0.441. The number of carboxylic acids is 1. The highest BCUT2D eigenvalue weighted by atomic mass is 31.2. The summed E-state index contributed by atoms with van der Waals surface area (Å²) in [7, 11) is -2.62. The number of carboxylic acid groups (broad SMARTS) is 1. The molecule has 0 aliphatic heterocycles. The molecule has 0 unspecified atom stereocenters. The van der Waals surface area contributed by atoms with Crippen LogP contribution in [0.5, 0.6) is 0 Å². The number of hydrogen-bond donors (Lipinski definition) is 4. The van der Waals surface area contributed by atoms with E-state index in [1.807, 2.05) is 19.1 Å². The summed E-state index contributed by atoms with van der Waals surface area (Å²) in [5.41, 5.74) is 0. The Kier molecular flexibility index (Phi) is 14.4. The van der Waals surface area contributed by atoms with E-state index in [2.05, 4.69) is 4.42 Å². The van der Waals surface area contributed by atoms with Crippen LogP contribution in [0.2, 0.25) is 0 Å². The van der Waals surface area contributed by atoms with Gasteiger partial charge in [0.05, 0.1) is 12.5 Å². The van der Waals surface area contributed by atoms with Gasteiger partial charge in [0.2, 0.25) is 0 Å². The third-order valence-corrected chi connectivity index (χ3v) is 0.889. The van der Waals surface area contributed by atoms with Crippen LogP contribution < -0.4 is 0 Å². The quantitative estimate of drug-likeness (QED) is 0.578. The first-order valence-electron chi connectivity index (χ1n) is 4.06. The topological polar surface area (TPSA) is 111 Å². The fraction of sp³-hybridized carbons (Fsp3) is 0.375. The van der Waals surface area contributed by atoms with Gasteiger partial charge in [-0.25, -0.2) is 0 Å². The molecule has 1 rings (SSSR count). The second kappa shape index (κ2) is 13.1. The van der Waals surface area contributed by atoms with E-state index in [1.165, 1.54) is 0 Å². The van der Waals surface area contributed by atoms with Gasteiger partial charge in [0, 0.05) is 6.42 Å². The average Bonchev–Trinajstić information content (AvgIpc) is 2.58. The maximum Gasteiger partial charge on any atom is 0.324 e. The van der Waals surface area contributed by atoms with Crippen LogP contribution in [-0.2, 0) is 4.79 Å². The van der Waals surface area contributed by atoms with Crippen LogP contribution in [0.1, 0.15) is 19.8 Å². The van der Waals surface area contributed by atoms with Gasteiger partial charge >= 0.3 is 14.6 Å². The van der Waals surface area contributed by atoms with Gasteiger partial charge in [-0.1, -0.05) is 6.92 Å². The zero-order valence-electron chi connectivity index (χ0n) is 8.28. The van der Waals surface area contributed by atoms with Crippen molar-refractivity contribution < 1.29 is 29.0 Å². The van der Waals surface area contributed by atoms with E-state index in [0.717, 1.165) is 6.42 Å². The van der Waals surface area contributed by atoms with Crippen LogP contribution in [0.4, 0.5) is 0 Å². The Hall–Kier alpha value is -0.940. The maximum atomic E-state index is 9.60. The Morgan fingerprint density at radius 2 is 1.67 bits per heavy atom. The van der Waals surface area contributed by atoms with Crippen molar-refractivity contribution in [1.82, 2.24) is 0 Å². The Balaban J connectivity index is 0. The van der Waals surface area contributed by atoms with Crippen LogP contribution in [0.15, 0.2) is 29.1 Å². The lowest BCUT2D eigenvalue weighted by molar-refractivity contribution is -0.137. The average molecular weight is 238 g/mol. The van der Waals surface area contributed by atoms with Crippen molar-refractivity contribution in [2.75, 3.05) is 0 Å². The molecule has 0 aliphatic carbocycles. The molecule has 1 aromatic rings. The molecule has 0 atom stereocenters. The van der Waals surface area contributed by atoms with Crippen molar-refractivity contribution in [2.24, 2.45) is 0 Å². The molecule has 15 heavy (non-hydrogen) atoms. The zero-order chi connectivity index (χ0) is 12.1. The minimum Gasteiger partial charge on any atom is -0.481 e. The van der Waals surface area contributed by atoms with E-state index in [1.54, 1.807) is 12.5 Å². The lowest BCUT2D eigenvalue weighted by Crippen LogP contribution is -1.90. The Bertz CT molecular complexity index is 191. The summed E-state index contributed by atoms with van der Waals surface area (Å²) in [5.74, 6) is -0.711. The lowest BCUT2D eigenvalue weighted by atomic mass is 10.4. The first-order chi connectivity index (χ1) is 7.00. The summed E-state index contributed by atoms with van der Waals surface area (Å²) in [5, 5.41) is 7.91. The maximum absolute atomic E-state index is 9.60. The molecule has 0 saturated carbocycles. The number of hydrogen-bond acceptors (Lipinski definition) is 5. The van der Waals surface area contributed by atoms with Gasteiger partial charge in [-0.15, -0.1) is 0 Å². The van der Waals surface area contributed by atoms with Gasteiger partial charge in [-0.05, 0) is 18.6 Å². The summed E-state index contributed by atoms with van der Waals surface area (Å²) in [6, 6.07) is 3.67. The molecule has 88 valence electrons. The van der Waals surface area contributed by atoms with Crippen molar-refractivity contribution in [1.29, 1.82) is 0 Å². The lowest BCUT2D eigenvalue weighted by Gasteiger charge is -1.79. The van der Waals surface area contributed by atoms with E-state index >= 15 is 0 Å². The van der Waals surface area contributed by atoms with Crippen molar-refractivity contribution in [3.8, 4) is 0 Å². The molecule has 7 heteroatoms. The second-order valence-electron chi connectivity index (χ2n) is 2.21. The summed E-state index contributed by atoms with van der Waals surface area (Å²) in [6.07, 6.45) is 4.27. The summed E-state index contributed by atoms with van der Waals surface area (Å²) in [6.45, 7) is 1.84. The monoisotopic (exact) mass is 238 g/mol. The van der Waals surface area contributed by atoms with Gasteiger partial charge in [0.15, 0.2) is 0 Å². The minimum absolute atomic E-state index is 0.292. The van der Waals surface area contributed by atoms with E-state index in [4.69, 9.17) is 19.8 Å². The SMILES string of the molecule is CCCC(=O)O.OP(O)O.c1ccoc1. The third-order valence-electron chi connectivity index (χ3n) is 0.889. The predicted molar refractivity (Wildman–Crippen MR) is 54.8 cm³/mol. The Morgan fingerprint density at radius 3 is 1.73 bits per heavy atom. The molecule has 0 aromatic carbocycles. The fourth-order valence-electron chi connectivity index (χ4n) is 0.441. The number of rotatable bonds is 2. The van der Waals surface area contributed by atoms with E-state index < -0.39 is 14.6 Å². The summed E-state index contributed by atoms with van der Waals surface area (Å²) >= 11 is 0. The highest BCUT2D eigenvalue weighted by Crippen LogP contribution is 2.11. The summed E-state index contributed by atoms with van der Waals surface area (Å²) < 4.78 is 4.58. The van der Waals surface area contributed by atoms with Crippen LogP contribution in [0.25, 0.3) is 0 Å². The molecule has 6 nitrogen and oxygen atoms in total. The summed E-state index contributed by atoms with van der Waals surface area (Å²) in [4.78, 5) is 31.3. The highest BCUT2D eigenvalue weighted by molar-refractivity contribution is 7.38. The second-order valence-corrected chi connectivity index (χ2v) is 2.74. The predicted octanol–water partition coefficient (Wildman–Crippen LogP) is 1.34. The van der Waals surface area contributed by atoms with Gasteiger partial charge in [0.1, 0.15) is 0 Å². The third kappa shape index (κ3) is 32.1. The zero-order valence-corrected chi connectivity index (χ0v) is 9.17. The first-order valence-corrected chi connectivity index (χ1v) is 5.26. The van der Waals surface area contributed by atoms with Gasteiger partial charge < -0.3 is 24.2 Å². The molecule has 4 N–H and O–H groups in total. The van der Waals surface area contributed by atoms with Crippen LogP contribution in [0, 0.1) is 0 Å². The molecule has 0 aliphatic rings. The number of carbonyl (C=O) groups is 1. The molecular weight excluding hydrogens is 223 g/mol. The Morgan fingerprint density at radius 1 is 1.27 bits per heavy atom. The Labute approximate surface area is 88.8 Å². The molecule has 0 saturated heterocycles. The molecule has 0 fully saturated rings. The van der Waals surface area contributed by atoms with Gasteiger partial charge in [-0.2, -0.15) is 0 Å². The van der Waals surface area contributed by atoms with Crippen LogP contribution in [-0.4, -0.2) is 25.8 Å². The molecule has 0 amide bonds. The minimum atomic E-state index is -2.62. The molecule has 0 spiro atoms. The molecular formula is C8H15O6P. The van der Waals surface area contributed by atoms with E-state index in [-0.39, 0.29) is 0 Å². The van der Waals surface area contributed by atoms with Crippen LogP contribution in [0.3, 0.4) is 0 Å². The van der Waals surface area contributed by atoms with Crippen molar-refractivity contribution >= 4 is 14.6 Å². The van der Waals surface area contributed by atoms with Crippen molar-refractivity contribution in [2.45, 2.75) is 19.8 Å². The normalized spacial score (nSPS) is 8.33. The van der Waals surface area contributed by atoms with Crippen LogP contribution >= 0.6 is 8.60 Å². The molecule has 0 radical (unpaired) electrons. The molecule has 1 heterocycles. The highest BCUT2D eigenvalue weighted by Gasteiger charge is 1.87. The van der Waals surface area contributed by atoms with Crippen molar-refractivity contribution in [3.05, 3.63) is 24.7 Å². The van der Waals surface area contributed by atoms with Gasteiger partial charge in [0.25, 0.3) is 0 Å². The van der Waals surface area contributed by atoms with Crippen molar-refractivity contribution in [3.63, 3.8) is 0 Å². The largest absolute Gasteiger partial charge is 0.481 e. The van der Waals surface area contributed by atoms with Gasteiger partial charge in [-0.3, -0.25) is 4.79 Å². The first kappa shape index (κ1) is 16.5. The number of furan rings is 1. The molecule has 1 aromatic heterocycles.